The second-order valence-electron chi connectivity index (χ2n) is 6.43. The number of Topliss-reactive ketones (excluding diaryl/α,β-unsaturated/α-hetero) is 1. The molecule has 0 fully saturated rings. The highest BCUT2D eigenvalue weighted by Crippen LogP contribution is 2.33. The number of rotatable bonds is 6. The Balaban J connectivity index is 1.94. The van der Waals surface area contributed by atoms with Crippen LogP contribution in [-0.4, -0.2) is 31.8 Å². The van der Waals surface area contributed by atoms with Gasteiger partial charge in [0.25, 0.3) is 0 Å². The monoisotopic (exact) mass is 349 g/mol. The van der Waals surface area contributed by atoms with E-state index in [1.54, 1.807) is 7.11 Å². The van der Waals surface area contributed by atoms with Crippen molar-refractivity contribution >= 4 is 11.5 Å². The third-order valence-corrected chi connectivity index (χ3v) is 4.28. The molecule has 0 saturated carbocycles. The second-order valence-corrected chi connectivity index (χ2v) is 6.43. The molecular weight excluding hydrogens is 326 g/mol. The Hall–Kier alpha value is -2.88. The maximum absolute atomic E-state index is 12.9. The Morgan fingerprint density at radius 2 is 1.92 bits per heavy atom. The van der Waals surface area contributed by atoms with Gasteiger partial charge in [-0.25, -0.2) is 0 Å². The number of hydrogen-bond donors (Lipinski definition) is 0. The lowest BCUT2D eigenvalue weighted by Gasteiger charge is -2.19. The van der Waals surface area contributed by atoms with Crippen LogP contribution in [0.25, 0.3) is 0 Å². The molecular formula is C22H23NO3. The van der Waals surface area contributed by atoms with Gasteiger partial charge in [0.2, 0.25) is 5.78 Å². The highest BCUT2D eigenvalue weighted by molar-refractivity contribution is 6.51. The van der Waals surface area contributed by atoms with Crippen LogP contribution < -0.4 is 9.47 Å². The van der Waals surface area contributed by atoms with Crippen molar-refractivity contribution in [3.63, 3.8) is 0 Å². The third-order valence-electron chi connectivity index (χ3n) is 4.28. The van der Waals surface area contributed by atoms with E-state index in [2.05, 4.69) is 4.99 Å². The molecule has 26 heavy (non-hydrogen) atoms. The van der Waals surface area contributed by atoms with Crippen LogP contribution in [-0.2, 0) is 6.42 Å². The SMILES string of the molecule is COc1cc2c(cc1OCC=C(C)C)CCN=C2C(=O)c1ccccc1. The number of fused-ring (bicyclic) bond motifs is 1. The highest BCUT2D eigenvalue weighted by Gasteiger charge is 2.24. The smallest absolute Gasteiger partial charge is 0.211 e. The van der Waals surface area contributed by atoms with Crippen molar-refractivity contribution in [2.45, 2.75) is 20.3 Å². The first kappa shape index (κ1) is 17.9. The van der Waals surface area contributed by atoms with Crippen LogP contribution in [0.2, 0.25) is 0 Å². The maximum Gasteiger partial charge on any atom is 0.211 e. The van der Waals surface area contributed by atoms with Crippen molar-refractivity contribution in [3.8, 4) is 11.5 Å². The van der Waals surface area contributed by atoms with Gasteiger partial charge in [-0.05, 0) is 44.0 Å². The molecule has 0 atom stereocenters. The number of benzene rings is 2. The first-order valence-corrected chi connectivity index (χ1v) is 8.71. The Bertz CT molecular complexity index is 862. The normalized spacial score (nSPS) is 12.7. The number of aliphatic imine (C=N–C) groups is 1. The predicted molar refractivity (Wildman–Crippen MR) is 104 cm³/mol. The van der Waals surface area contributed by atoms with Crippen molar-refractivity contribution in [2.75, 3.05) is 20.3 Å². The molecule has 0 radical (unpaired) electrons. The molecule has 2 aromatic carbocycles. The largest absolute Gasteiger partial charge is 0.493 e. The minimum absolute atomic E-state index is 0.0631. The van der Waals surface area contributed by atoms with E-state index < -0.39 is 0 Å². The Morgan fingerprint density at radius 3 is 2.62 bits per heavy atom. The molecule has 0 N–H and O–H groups in total. The molecule has 0 unspecified atom stereocenters. The molecule has 0 saturated heterocycles. The molecule has 2 aromatic rings. The van der Waals surface area contributed by atoms with Crippen LogP contribution in [0.4, 0.5) is 0 Å². The lowest BCUT2D eigenvalue weighted by atomic mass is 9.92. The van der Waals surface area contributed by atoms with Gasteiger partial charge < -0.3 is 9.47 Å². The van der Waals surface area contributed by atoms with E-state index in [0.29, 0.717) is 35.9 Å². The first-order chi connectivity index (χ1) is 12.6. The second kappa shape index (κ2) is 8.00. The number of carbonyl (C=O) groups excluding carboxylic acids is 1. The Morgan fingerprint density at radius 1 is 1.15 bits per heavy atom. The summed E-state index contributed by atoms with van der Waals surface area (Å²) in [4.78, 5) is 17.4. The molecule has 0 spiro atoms. The molecule has 0 amide bonds. The molecule has 4 heteroatoms. The zero-order valence-electron chi connectivity index (χ0n) is 15.4. The summed E-state index contributed by atoms with van der Waals surface area (Å²) in [6, 6.07) is 13.1. The Labute approximate surface area is 154 Å². The van der Waals surface area contributed by atoms with Gasteiger partial charge >= 0.3 is 0 Å². The third kappa shape index (κ3) is 3.85. The number of hydrogen-bond acceptors (Lipinski definition) is 4. The van der Waals surface area contributed by atoms with Gasteiger partial charge in [-0.15, -0.1) is 0 Å². The summed E-state index contributed by atoms with van der Waals surface area (Å²) in [5, 5.41) is 0. The van der Waals surface area contributed by atoms with Gasteiger partial charge in [0.15, 0.2) is 11.5 Å². The zero-order chi connectivity index (χ0) is 18.5. The molecule has 3 rings (SSSR count). The van der Waals surface area contributed by atoms with Crippen LogP contribution >= 0.6 is 0 Å². The van der Waals surface area contributed by atoms with Crippen molar-refractivity contribution in [3.05, 3.63) is 70.8 Å². The van der Waals surface area contributed by atoms with Crippen LogP contribution in [0.3, 0.4) is 0 Å². The lowest BCUT2D eigenvalue weighted by Crippen LogP contribution is -2.22. The number of ketones is 1. The number of nitrogens with zero attached hydrogens (tertiary/aromatic N) is 1. The number of ether oxygens (including phenoxy) is 2. The standard InChI is InChI=1S/C22H23NO3/c1-15(2)10-12-26-20-13-17-9-11-23-21(18(17)14-19(20)25-3)22(24)16-7-5-4-6-8-16/h4-8,10,13-14H,9,11-12H2,1-3H3. The lowest BCUT2D eigenvalue weighted by molar-refractivity contribution is 0.106. The maximum atomic E-state index is 12.9. The molecule has 1 heterocycles. The number of carbonyl (C=O) groups is 1. The topological polar surface area (TPSA) is 47.9 Å². The quantitative estimate of drug-likeness (QED) is 0.578. The van der Waals surface area contributed by atoms with Crippen LogP contribution in [0, 0.1) is 0 Å². The van der Waals surface area contributed by atoms with E-state index in [1.165, 1.54) is 5.57 Å². The first-order valence-electron chi connectivity index (χ1n) is 8.71. The molecule has 1 aliphatic heterocycles. The van der Waals surface area contributed by atoms with Gasteiger partial charge in [0, 0.05) is 17.7 Å². The Kier molecular flexibility index (Phi) is 5.52. The summed E-state index contributed by atoms with van der Waals surface area (Å²) in [7, 11) is 1.61. The minimum atomic E-state index is -0.0631. The van der Waals surface area contributed by atoms with Gasteiger partial charge in [-0.1, -0.05) is 35.9 Å². The molecule has 0 aliphatic carbocycles. The van der Waals surface area contributed by atoms with Gasteiger partial charge in [0.1, 0.15) is 12.3 Å². The molecule has 0 bridgehead atoms. The summed E-state index contributed by atoms with van der Waals surface area (Å²) >= 11 is 0. The van der Waals surface area contributed by atoms with Crippen LogP contribution in [0.5, 0.6) is 11.5 Å². The average molecular weight is 349 g/mol. The molecule has 4 nitrogen and oxygen atoms in total. The van der Waals surface area contributed by atoms with E-state index in [-0.39, 0.29) is 5.78 Å². The van der Waals surface area contributed by atoms with E-state index in [9.17, 15) is 4.79 Å². The number of allylic oxidation sites excluding steroid dienone is 1. The summed E-state index contributed by atoms with van der Waals surface area (Å²) in [5.41, 5.74) is 4.22. The number of methoxy groups -OCH3 is 1. The predicted octanol–water partition coefficient (Wildman–Crippen LogP) is 4.27. The van der Waals surface area contributed by atoms with Crippen LogP contribution in [0.15, 0.2) is 59.1 Å². The van der Waals surface area contributed by atoms with Gasteiger partial charge in [-0.3, -0.25) is 9.79 Å². The van der Waals surface area contributed by atoms with E-state index in [0.717, 1.165) is 17.5 Å². The average Bonchev–Trinajstić information content (AvgIpc) is 2.66. The molecule has 0 aromatic heterocycles. The van der Waals surface area contributed by atoms with E-state index in [4.69, 9.17) is 9.47 Å². The van der Waals surface area contributed by atoms with Crippen molar-refractivity contribution in [1.82, 2.24) is 0 Å². The fraction of sp³-hybridized carbons (Fsp3) is 0.273. The fourth-order valence-electron chi connectivity index (χ4n) is 2.89. The van der Waals surface area contributed by atoms with Crippen molar-refractivity contribution < 1.29 is 14.3 Å². The van der Waals surface area contributed by atoms with Gasteiger partial charge in [0.05, 0.1) is 7.11 Å². The van der Waals surface area contributed by atoms with Crippen LogP contribution in [0.1, 0.15) is 35.3 Å². The highest BCUT2D eigenvalue weighted by atomic mass is 16.5. The van der Waals surface area contributed by atoms with Crippen molar-refractivity contribution in [2.24, 2.45) is 4.99 Å². The molecule has 1 aliphatic rings. The van der Waals surface area contributed by atoms with Crippen molar-refractivity contribution in [1.29, 1.82) is 0 Å². The summed E-state index contributed by atoms with van der Waals surface area (Å²) in [5.74, 6) is 1.24. The summed E-state index contributed by atoms with van der Waals surface area (Å²) in [6.45, 7) is 5.15. The minimum Gasteiger partial charge on any atom is -0.493 e. The van der Waals surface area contributed by atoms with Gasteiger partial charge in [-0.2, -0.15) is 0 Å². The summed E-state index contributed by atoms with van der Waals surface area (Å²) in [6.07, 6.45) is 2.80. The molecule has 134 valence electrons. The zero-order valence-corrected chi connectivity index (χ0v) is 15.4. The van der Waals surface area contributed by atoms with E-state index >= 15 is 0 Å². The van der Waals surface area contributed by atoms with E-state index in [1.807, 2.05) is 62.4 Å². The summed E-state index contributed by atoms with van der Waals surface area (Å²) < 4.78 is 11.3. The fourth-order valence-corrected chi connectivity index (χ4v) is 2.89.